The molecule has 1 saturated heterocycles. The Balaban J connectivity index is 1.29. The molecule has 2 aliphatic carbocycles. The minimum atomic E-state index is 0.145. The van der Waals surface area contributed by atoms with Crippen LogP contribution in [0.25, 0.3) is 0 Å². The van der Waals surface area contributed by atoms with Gasteiger partial charge in [-0.3, -0.25) is 9.59 Å². The van der Waals surface area contributed by atoms with Crippen LogP contribution in [-0.4, -0.2) is 53.8 Å². The second-order valence-electron chi connectivity index (χ2n) is 8.57. The van der Waals surface area contributed by atoms with E-state index in [9.17, 15) is 9.59 Å². The van der Waals surface area contributed by atoms with Crippen molar-refractivity contribution in [1.82, 2.24) is 9.80 Å². The molecular formula is C22H31N3O2. The Morgan fingerprint density at radius 3 is 2.15 bits per heavy atom. The molecule has 2 saturated carbocycles. The number of carbonyl (C=O) groups excluding carboxylic acids is 2. The molecule has 1 heterocycles. The van der Waals surface area contributed by atoms with Crippen molar-refractivity contribution in [3.05, 3.63) is 35.9 Å². The van der Waals surface area contributed by atoms with E-state index < -0.39 is 0 Å². The summed E-state index contributed by atoms with van der Waals surface area (Å²) in [5.41, 5.74) is 7.42. The van der Waals surface area contributed by atoms with Gasteiger partial charge >= 0.3 is 0 Å². The van der Waals surface area contributed by atoms with Gasteiger partial charge in [-0.2, -0.15) is 0 Å². The van der Waals surface area contributed by atoms with Crippen LogP contribution in [0.3, 0.4) is 0 Å². The molecule has 2 amide bonds. The maximum Gasteiger partial charge on any atom is 0.227 e. The Hall–Kier alpha value is -1.88. The highest BCUT2D eigenvalue weighted by Crippen LogP contribution is 2.42. The highest BCUT2D eigenvalue weighted by atomic mass is 16.2. The normalized spacial score (nSPS) is 30.9. The third-order valence-corrected chi connectivity index (χ3v) is 6.90. The average molecular weight is 370 g/mol. The predicted octanol–water partition coefficient (Wildman–Crippen LogP) is 2.05. The van der Waals surface area contributed by atoms with E-state index in [2.05, 4.69) is 0 Å². The van der Waals surface area contributed by atoms with Gasteiger partial charge < -0.3 is 15.5 Å². The Labute approximate surface area is 161 Å². The van der Waals surface area contributed by atoms with Gasteiger partial charge in [-0.15, -0.1) is 0 Å². The van der Waals surface area contributed by atoms with Gasteiger partial charge in [-0.05, 0) is 43.1 Å². The van der Waals surface area contributed by atoms with Gasteiger partial charge in [-0.25, -0.2) is 0 Å². The molecule has 0 radical (unpaired) electrons. The van der Waals surface area contributed by atoms with Crippen LogP contribution >= 0.6 is 0 Å². The van der Waals surface area contributed by atoms with Crippen molar-refractivity contribution < 1.29 is 9.59 Å². The molecule has 1 aromatic rings. The summed E-state index contributed by atoms with van der Waals surface area (Å²) in [7, 11) is 0. The summed E-state index contributed by atoms with van der Waals surface area (Å²) < 4.78 is 0. The minimum absolute atomic E-state index is 0.145. The summed E-state index contributed by atoms with van der Waals surface area (Å²) in [4.78, 5) is 29.5. The first-order valence-electron chi connectivity index (χ1n) is 10.5. The van der Waals surface area contributed by atoms with Crippen molar-refractivity contribution in [3.8, 4) is 0 Å². The zero-order valence-electron chi connectivity index (χ0n) is 16.1. The molecule has 4 rings (SSSR count). The molecule has 2 bridgehead atoms. The fourth-order valence-corrected chi connectivity index (χ4v) is 5.31. The van der Waals surface area contributed by atoms with E-state index in [1.54, 1.807) is 0 Å². The largest absolute Gasteiger partial charge is 0.339 e. The number of benzene rings is 1. The number of nitrogens with zero attached hydrogens (tertiary/aromatic N) is 2. The van der Waals surface area contributed by atoms with Crippen molar-refractivity contribution in [1.29, 1.82) is 0 Å². The van der Waals surface area contributed by atoms with Crippen molar-refractivity contribution in [2.45, 2.75) is 44.6 Å². The lowest BCUT2D eigenvalue weighted by atomic mass is 9.65. The number of amides is 2. The van der Waals surface area contributed by atoms with Gasteiger partial charge in [-0.1, -0.05) is 36.8 Å². The Kier molecular flexibility index (Phi) is 5.48. The average Bonchev–Trinajstić information content (AvgIpc) is 2.68. The fraction of sp³-hybridized carbons (Fsp3) is 0.636. The first-order valence-corrected chi connectivity index (χ1v) is 10.5. The van der Waals surface area contributed by atoms with Crippen LogP contribution in [0.2, 0.25) is 0 Å². The number of nitrogens with two attached hydrogens (primary N) is 1. The Morgan fingerprint density at radius 1 is 0.926 bits per heavy atom. The molecule has 27 heavy (non-hydrogen) atoms. The van der Waals surface area contributed by atoms with Gasteiger partial charge in [0.25, 0.3) is 0 Å². The van der Waals surface area contributed by atoms with E-state index in [1.165, 1.54) is 19.3 Å². The molecule has 1 aromatic carbocycles. The van der Waals surface area contributed by atoms with Gasteiger partial charge in [0.05, 0.1) is 6.42 Å². The van der Waals surface area contributed by atoms with Crippen LogP contribution in [0.15, 0.2) is 30.3 Å². The SMILES string of the molecule is NC1C2CCCC1CC(C(=O)N1CCN(C(=O)Cc3ccccc3)CC1)C2. The number of carbonyl (C=O) groups is 2. The van der Waals surface area contributed by atoms with E-state index >= 15 is 0 Å². The van der Waals surface area contributed by atoms with Crippen molar-refractivity contribution >= 4 is 11.8 Å². The summed E-state index contributed by atoms with van der Waals surface area (Å²) in [6.07, 6.45) is 6.00. The third kappa shape index (κ3) is 4.03. The quantitative estimate of drug-likeness (QED) is 0.887. The minimum Gasteiger partial charge on any atom is -0.339 e. The number of fused-ring (bicyclic) bond motifs is 2. The molecular weight excluding hydrogens is 338 g/mol. The number of hydrogen-bond donors (Lipinski definition) is 1. The van der Waals surface area contributed by atoms with Gasteiger partial charge in [0, 0.05) is 38.1 Å². The number of piperazine rings is 1. The third-order valence-electron chi connectivity index (χ3n) is 6.90. The maximum atomic E-state index is 13.0. The lowest BCUT2D eigenvalue weighted by Gasteiger charge is -2.45. The summed E-state index contributed by atoms with van der Waals surface area (Å²) in [5.74, 6) is 1.66. The number of hydrogen-bond acceptors (Lipinski definition) is 3. The summed E-state index contributed by atoms with van der Waals surface area (Å²) in [6, 6.07) is 10.2. The lowest BCUT2D eigenvalue weighted by Crippen LogP contribution is -2.54. The van der Waals surface area contributed by atoms with Crippen LogP contribution in [0.5, 0.6) is 0 Å². The molecule has 146 valence electrons. The van der Waals surface area contributed by atoms with Crippen molar-refractivity contribution in [2.24, 2.45) is 23.5 Å². The molecule has 2 unspecified atom stereocenters. The molecule has 2 atom stereocenters. The predicted molar refractivity (Wildman–Crippen MR) is 105 cm³/mol. The van der Waals surface area contributed by atoms with Crippen LogP contribution in [-0.2, 0) is 16.0 Å². The molecule has 3 fully saturated rings. The van der Waals surface area contributed by atoms with E-state index in [0.717, 1.165) is 18.4 Å². The molecule has 5 nitrogen and oxygen atoms in total. The molecule has 3 aliphatic rings. The van der Waals surface area contributed by atoms with Crippen molar-refractivity contribution in [2.75, 3.05) is 26.2 Å². The van der Waals surface area contributed by atoms with E-state index in [-0.39, 0.29) is 11.8 Å². The van der Waals surface area contributed by atoms with Crippen LogP contribution in [0.4, 0.5) is 0 Å². The van der Waals surface area contributed by atoms with Gasteiger partial charge in [0.2, 0.25) is 11.8 Å². The first-order chi connectivity index (χ1) is 13.1. The molecule has 5 heteroatoms. The van der Waals surface area contributed by atoms with E-state index in [1.807, 2.05) is 40.1 Å². The van der Waals surface area contributed by atoms with E-state index in [0.29, 0.717) is 56.4 Å². The summed E-state index contributed by atoms with van der Waals surface area (Å²) in [6.45, 7) is 2.63. The molecule has 0 aromatic heterocycles. The van der Waals surface area contributed by atoms with E-state index in [4.69, 9.17) is 5.73 Å². The molecule has 2 N–H and O–H groups in total. The maximum absolute atomic E-state index is 13.0. The van der Waals surface area contributed by atoms with Crippen LogP contribution in [0, 0.1) is 17.8 Å². The molecule has 1 aliphatic heterocycles. The first kappa shape index (κ1) is 18.5. The van der Waals surface area contributed by atoms with Gasteiger partial charge in [0.15, 0.2) is 0 Å². The second kappa shape index (κ2) is 8.01. The van der Waals surface area contributed by atoms with Gasteiger partial charge in [0.1, 0.15) is 0 Å². The standard InChI is InChI=1S/C22H31N3O2/c23-21-17-7-4-8-18(21)15-19(14-17)22(27)25-11-9-24(10-12-25)20(26)13-16-5-2-1-3-6-16/h1-3,5-6,17-19,21H,4,7-15,23H2. The monoisotopic (exact) mass is 369 g/mol. The highest BCUT2D eigenvalue weighted by molar-refractivity contribution is 5.81. The van der Waals surface area contributed by atoms with Crippen LogP contribution < -0.4 is 5.73 Å². The topological polar surface area (TPSA) is 66.6 Å². The van der Waals surface area contributed by atoms with Crippen molar-refractivity contribution in [3.63, 3.8) is 0 Å². The second-order valence-corrected chi connectivity index (χ2v) is 8.57. The fourth-order valence-electron chi connectivity index (χ4n) is 5.31. The highest BCUT2D eigenvalue weighted by Gasteiger charge is 2.42. The van der Waals surface area contributed by atoms with Crippen LogP contribution in [0.1, 0.15) is 37.7 Å². The summed E-state index contributed by atoms with van der Waals surface area (Å²) in [5, 5.41) is 0. The number of rotatable bonds is 3. The zero-order valence-corrected chi connectivity index (χ0v) is 16.1. The Morgan fingerprint density at radius 2 is 1.52 bits per heavy atom. The molecule has 0 spiro atoms. The Bertz CT molecular complexity index is 655. The smallest absolute Gasteiger partial charge is 0.227 e. The summed E-state index contributed by atoms with van der Waals surface area (Å²) >= 11 is 0. The zero-order chi connectivity index (χ0) is 18.8. The lowest BCUT2D eigenvalue weighted by molar-refractivity contribution is -0.144.